The van der Waals surface area contributed by atoms with Gasteiger partial charge >= 0.3 is 0 Å². The molecule has 4 rings (SSSR count). The average Bonchev–Trinajstić information content (AvgIpc) is 3.08. The number of Topliss-reactive ketones (excluding diaryl/α,β-unsaturated/α-hetero) is 1. The third kappa shape index (κ3) is 1.79. The molecule has 0 N–H and O–H groups in total. The third-order valence-electron chi connectivity index (χ3n) is 6.36. The molecule has 1 spiro atoms. The molecular formula is C20H24O. The van der Waals surface area contributed by atoms with Gasteiger partial charge in [-0.1, -0.05) is 44.2 Å². The van der Waals surface area contributed by atoms with Crippen LogP contribution in [0.2, 0.25) is 0 Å². The number of allylic oxidation sites excluding steroid dienone is 2. The smallest absolute Gasteiger partial charge is 0.144 e. The van der Waals surface area contributed by atoms with Gasteiger partial charge in [0.15, 0.2) is 0 Å². The number of hydrogen-bond acceptors (Lipinski definition) is 1. The van der Waals surface area contributed by atoms with Crippen molar-refractivity contribution in [3.05, 3.63) is 47.0 Å². The van der Waals surface area contributed by atoms with Gasteiger partial charge in [-0.3, -0.25) is 4.79 Å². The minimum Gasteiger partial charge on any atom is -0.299 e. The summed E-state index contributed by atoms with van der Waals surface area (Å²) in [5.74, 6) is 2.25. The van der Waals surface area contributed by atoms with Crippen LogP contribution in [-0.4, -0.2) is 5.78 Å². The summed E-state index contributed by atoms with van der Waals surface area (Å²) in [5, 5.41) is 0. The number of benzene rings is 1. The molecule has 0 saturated heterocycles. The lowest BCUT2D eigenvalue weighted by Crippen LogP contribution is -2.42. The van der Waals surface area contributed by atoms with Crippen molar-refractivity contribution in [3.8, 4) is 0 Å². The molecule has 0 radical (unpaired) electrons. The molecule has 2 bridgehead atoms. The third-order valence-corrected chi connectivity index (χ3v) is 6.36. The molecule has 1 nitrogen and oxygen atoms in total. The van der Waals surface area contributed by atoms with Gasteiger partial charge in [0.25, 0.3) is 0 Å². The maximum atomic E-state index is 13.0. The largest absolute Gasteiger partial charge is 0.299 e. The van der Waals surface area contributed by atoms with E-state index in [1.807, 2.05) is 0 Å². The molecule has 0 amide bonds. The number of fused-ring (bicyclic) bond motifs is 4. The Kier molecular flexibility index (Phi) is 2.89. The molecule has 0 aliphatic heterocycles. The predicted octanol–water partition coefficient (Wildman–Crippen LogP) is 4.45. The van der Waals surface area contributed by atoms with Gasteiger partial charge in [0, 0.05) is 11.8 Å². The van der Waals surface area contributed by atoms with Crippen LogP contribution in [0.25, 0.3) is 0 Å². The molecule has 3 aliphatic rings. The van der Waals surface area contributed by atoms with Crippen molar-refractivity contribution in [3.63, 3.8) is 0 Å². The Balaban J connectivity index is 1.76. The van der Waals surface area contributed by atoms with Crippen molar-refractivity contribution >= 4 is 5.78 Å². The first-order valence-electron chi connectivity index (χ1n) is 8.46. The van der Waals surface area contributed by atoms with Crippen molar-refractivity contribution in [2.24, 2.45) is 17.3 Å². The Labute approximate surface area is 127 Å². The van der Waals surface area contributed by atoms with E-state index in [0.29, 0.717) is 30.0 Å². The lowest BCUT2D eigenvalue weighted by molar-refractivity contribution is -0.130. The van der Waals surface area contributed by atoms with Gasteiger partial charge in [0.05, 0.1) is 0 Å². The molecule has 1 fully saturated rings. The molecule has 4 unspecified atom stereocenters. The molecule has 4 atom stereocenters. The fraction of sp³-hybridized carbons (Fsp3) is 0.550. The van der Waals surface area contributed by atoms with Crippen LogP contribution in [0.4, 0.5) is 0 Å². The standard InChI is InChI=1S/C20H24O/c1-3-13(2)17-6-4-5-15-12-20(19(21)10-18(15)17)11-14-7-8-16(20)9-14/h4-8,13-14,16H,3,9-12H2,1-2H3. The zero-order chi connectivity index (χ0) is 14.6. The zero-order valence-corrected chi connectivity index (χ0v) is 13.1. The second-order valence-corrected chi connectivity index (χ2v) is 7.42. The molecule has 3 aliphatic carbocycles. The summed E-state index contributed by atoms with van der Waals surface area (Å²) in [6, 6.07) is 6.71. The van der Waals surface area contributed by atoms with Crippen molar-refractivity contribution < 1.29 is 4.79 Å². The first-order valence-corrected chi connectivity index (χ1v) is 8.46. The fourth-order valence-corrected chi connectivity index (χ4v) is 4.97. The van der Waals surface area contributed by atoms with Gasteiger partial charge in [-0.05, 0) is 60.1 Å². The van der Waals surface area contributed by atoms with Crippen LogP contribution in [0, 0.1) is 17.3 Å². The average molecular weight is 280 g/mol. The molecule has 1 saturated carbocycles. The second-order valence-electron chi connectivity index (χ2n) is 7.42. The van der Waals surface area contributed by atoms with Crippen molar-refractivity contribution in [1.29, 1.82) is 0 Å². The summed E-state index contributed by atoms with van der Waals surface area (Å²) in [6.07, 6.45) is 9.78. The van der Waals surface area contributed by atoms with Crippen LogP contribution in [0.5, 0.6) is 0 Å². The van der Waals surface area contributed by atoms with Crippen LogP contribution in [0.15, 0.2) is 30.4 Å². The molecule has 0 aromatic heterocycles. The molecular weight excluding hydrogens is 256 g/mol. The van der Waals surface area contributed by atoms with Crippen LogP contribution in [-0.2, 0) is 17.6 Å². The highest BCUT2D eigenvalue weighted by Gasteiger charge is 2.54. The topological polar surface area (TPSA) is 17.1 Å². The minimum atomic E-state index is -0.0551. The van der Waals surface area contributed by atoms with E-state index in [4.69, 9.17) is 0 Å². The maximum absolute atomic E-state index is 13.0. The monoisotopic (exact) mass is 280 g/mol. The highest BCUT2D eigenvalue weighted by atomic mass is 16.1. The first-order chi connectivity index (χ1) is 10.1. The summed E-state index contributed by atoms with van der Waals surface area (Å²) in [4.78, 5) is 13.0. The molecule has 1 heteroatoms. The Bertz CT molecular complexity index is 627. The Morgan fingerprint density at radius 2 is 2.19 bits per heavy atom. The zero-order valence-electron chi connectivity index (χ0n) is 13.1. The van der Waals surface area contributed by atoms with Crippen LogP contribution in [0.1, 0.15) is 55.7 Å². The van der Waals surface area contributed by atoms with Crippen molar-refractivity contribution in [1.82, 2.24) is 0 Å². The number of rotatable bonds is 2. The van der Waals surface area contributed by atoms with E-state index < -0.39 is 0 Å². The SMILES string of the molecule is CCC(C)c1cccc2c1CC(=O)C1(C2)CC2C=CC1C2. The van der Waals surface area contributed by atoms with Crippen LogP contribution in [0.3, 0.4) is 0 Å². The Morgan fingerprint density at radius 1 is 1.33 bits per heavy atom. The highest BCUT2D eigenvalue weighted by molar-refractivity contribution is 5.90. The van der Waals surface area contributed by atoms with E-state index >= 15 is 0 Å². The quantitative estimate of drug-likeness (QED) is 0.731. The van der Waals surface area contributed by atoms with Gasteiger partial charge in [-0.25, -0.2) is 0 Å². The minimum absolute atomic E-state index is 0.0551. The summed E-state index contributed by atoms with van der Waals surface area (Å²) in [5.41, 5.74) is 4.17. The van der Waals surface area contributed by atoms with Crippen LogP contribution < -0.4 is 0 Å². The van der Waals surface area contributed by atoms with Crippen LogP contribution >= 0.6 is 0 Å². The van der Waals surface area contributed by atoms with E-state index in [1.54, 1.807) is 0 Å². The second kappa shape index (κ2) is 4.56. The van der Waals surface area contributed by atoms with Gasteiger partial charge in [0.2, 0.25) is 0 Å². The van der Waals surface area contributed by atoms with Crippen molar-refractivity contribution in [2.45, 2.75) is 51.9 Å². The lowest BCUT2D eigenvalue weighted by Gasteiger charge is -2.39. The molecule has 1 aromatic rings. The van der Waals surface area contributed by atoms with E-state index in [0.717, 1.165) is 19.3 Å². The molecule has 110 valence electrons. The van der Waals surface area contributed by atoms with E-state index in [2.05, 4.69) is 44.2 Å². The fourth-order valence-electron chi connectivity index (χ4n) is 4.97. The van der Waals surface area contributed by atoms with Gasteiger partial charge in [-0.15, -0.1) is 0 Å². The molecule has 0 heterocycles. The normalized spacial score (nSPS) is 34.5. The number of hydrogen-bond donors (Lipinski definition) is 0. The number of ketones is 1. The summed E-state index contributed by atoms with van der Waals surface area (Å²) in [6.45, 7) is 4.52. The van der Waals surface area contributed by atoms with Gasteiger partial charge in [0.1, 0.15) is 5.78 Å². The summed E-state index contributed by atoms with van der Waals surface area (Å²) < 4.78 is 0. The van der Waals surface area contributed by atoms with Gasteiger partial charge < -0.3 is 0 Å². The lowest BCUT2D eigenvalue weighted by atomic mass is 9.63. The van der Waals surface area contributed by atoms with E-state index in [1.165, 1.54) is 23.1 Å². The van der Waals surface area contributed by atoms with Gasteiger partial charge in [-0.2, -0.15) is 0 Å². The van der Waals surface area contributed by atoms with E-state index in [9.17, 15) is 4.79 Å². The summed E-state index contributed by atoms with van der Waals surface area (Å²) >= 11 is 0. The predicted molar refractivity (Wildman–Crippen MR) is 85.4 cm³/mol. The first kappa shape index (κ1) is 13.3. The summed E-state index contributed by atoms with van der Waals surface area (Å²) in [7, 11) is 0. The Morgan fingerprint density at radius 3 is 2.86 bits per heavy atom. The maximum Gasteiger partial charge on any atom is 0.144 e. The molecule has 1 aromatic carbocycles. The molecule has 21 heavy (non-hydrogen) atoms. The number of carbonyl (C=O) groups excluding carboxylic acids is 1. The van der Waals surface area contributed by atoms with Crippen molar-refractivity contribution in [2.75, 3.05) is 0 Å². The highest BCUT2D eigenvalue weighted by Crippen LogP contribution is 2.56. The number of carbonyl (C=O) groups is 1. The Hall–Kier alpha value is -1.37. The van der Waals surface area contributed by atoms with E-state index in [-0.39, 0.29) is 5.41 Å².